The Bertz CT molecular complexity index is 235. The molecule has 0 spiro atoms. The van der Waals surface area contributed by atoms with Gasteiger partial charge in [-0.05, 0) is 13.0 Å². The van der Waals surface area contributed by atoms with Gasteiger partial charge in [0.05, 0.1) is 18.4 Å². The van der Waals surface area contributed by atoms with Crippen LogP contribution in [0.15, 0.2) is 24.0 Å². The lowest BCUT2D eigenvalue weighted by molar-refractivity contribution is -0.145. The summed E-state index contributed by atoms with van der Waals surface area (Å²) in [4.78, 5) is 15.7. The summed E-state index contributed by atoms with van der Waals surface area (Å²) in [6.07, 6.45) is 4.65. The summed E-state index contributed by atoms with van der Waals surface area (Å²) >= 11 is 0. The lowest BCUT2D eigenvalue weighted by Gasteiger charge is -2.21. The van der Waals surface area contributed by atoms with Crippen molar-refractivity contribution < 1.29 is 9.63 Å². The van der Waals surface area contributed by atoms with Crippen molar-refractivity contribution in [2.24, 2.45) is 5.73 Å². The molecule has 3 N–H and O–H groups in total. The fraction of sp³-hybridized carbons (Fsp3) is 0.286. The van der Waals surface area contributed by atoms with Crippen molar-refractivity contribution in [3.05, 3.63) is 24.0 Å². The molecule has 1 heterocycles. The smallest absolute Gasteiger partial charge is 0.250 e. The molecule has 1 aliphatic heterocycles. The Labute approximate surface area is 70.4 Å². The number of carbonyl (C=O) groups is 1. The van der Waals surface area contributed by atoms with E-state index in [0.717, 1.165) is 0 Å². The van der Waals surface area contributed by atoms with Crippen LogP contribution in [0, 0.1) is 0 Å². The van der Waals surface area contributed by atoms with E-state index in [0.29, 0.717) is 12.2 Å². The summed E-state index contributed by atoms with van der Waals surface area (Å²) in [7, 11) is 0. The van der Waals surface area contributed by atoms with E-state index in [4.69, 9.17) is 10.6 Å². The van der Waals surface area contributed by atoms with Crippen LogP contribution >= 0.6 is 0 Å². The van der Waals surface area contributed by atoms with Gasteiger partial charge in [-0.15, -0.1) is 0 Å². The molecule has 5 heteroatoms. The molecule has 1 rings (SSSR count). The first-order valence-corrected chi connectivity index (χ1v) is 3.60. The number of primary amides is 1. The third-order valence-electron chi connectivity index (χ3n) is 1.27. The molecule has 12 heavy (non-hydrogen) atoms. The molecule has 66 valence electrons. The lowest BCUT2D eigenvalue weighted by Crippen LogP contribution is -2.33. The molecular formula is C7H11N3O2. The van der Waals surface area contributed by atoms with Gasteiger partial charge in [0.15, 0.2) is 0 Å². The number of rotatable bonds is 3. The van der Waals surface area contributed by atoms with Crippen molar-refractivity contribution in [1.29, 1.82) is 0 Å². The van der Waals surface area contributed by atoms with Gasteiger partial charge >= 0.3 is 0 Å². The highest BCUT2D eigenvalue weighted by atomic mass is 16.7. The van der Waals surface area contributed by atoms with Crippen molar-refractivity contribution in [2.75, 3.05) is 6.61 Å². The Morgan fingerprint density at radius 3 is 3.17 bits per heavy atom. The number of nitrogens with two attached hydrogens (primary N) is 1. The van der Waals surface area contributed by atoms with Crippen molar-refractivity contribution in [3.8, 4) is 0 Å². The Morgan fingerprint density at radius 2 is 2.58 bits per heavy atom. The maximum absolute atomic E-state index is 10.7. The highest BCUT2D eigenvalue weighted by molar-refractivity contribution is 5.94. The van der Waals surface area contributed by atoms with Crippen molar-refractivity contribution >= 4 is 5.91 Å². The maximum atomic E-state index is 10.7. The molecule has 0 aliphatic carbocycles. The third kappa shape index (κ3) is 2.00. The topological polar surface area (TPSA) is 67.6 Å². The lowest BCUT2D eigenvalue weighted by atomic mass is 10.2. The van der Waals surface area contributed by atoms with Crippen molar-refractivity contribution in [1.82, 2.24) is 10.6 Å². The average molecular weight is 169 g/mol. The van der Waals surface area contributed by atoms with Gasteiger partial charge < -0.3 is 5.73 Å². The Hall–Kier alpha value is -1.49. The van der Waals surface area contributed by atoms with Crippen LogP contribution < -0.4 is 11.2 Å². The zero-order valence-corrected chi connectivity index (χ0v) is 6.78. The minimum Gasteiger partial charge on any atom is -0.366 e. The van der Waals surface area contributed by atoms with Crippen LogP contribution in [0.4, 0.5) is 0 Å². The van der Waals surface area contributed by atoms with Crippen LogP contribution in [0.2, 0.25) is 0 Å². The van der Waals surface area contributed by atoms with E-state index in [1.54, 1.807) is 12.3 Å². The van der Waals surface area contributed by atoms with E-state index in [1.807, 2.05) is 6.92 Å². The maximum Gasteiger partial charge on any atom is 0.250 e. The van der Waals surface area contributed by atoms with Gasteiger partial charge in [-0.1, -0.05) is 0 Å². The van der Waals surface area contributed by atoms with Gasteiger partial charge in [0.25, 0.3) is 0 Å². The molecule has 0 radical (unpaired) electrons. The van der Waals surface area contributed by atoms with E-state index in [1.165, 1.54) is 11.4 Å². The number of hydrogen-bond donors (Lipinski definition) is 2. The van der Waals surface area contributed by atoms with Gasteiger partial charge in [-0.2, -0.15) is 5.17 Å². The van der Waals surface area contributed by atoms with E-state index in [9.17, 15) is 4.79 Å². The second kappa shape index (κ2) is 3.77. The highest BCUT2D eigenvalue weighted by Gasteiger charge is 2.07. The molecule has 0 unspecified atom stereocenters. The first-order chi connectivity index (χ1) is 5.74. The quantitative estimate of drug-likeness (QED) is 0.605. The molecule has 0 atom stereocenters. The predicted molar refractivity (Wildman–Crippen MR) is 43.0 cm³/mol. The molecular weight excluding hydrogens is 158 g/mol. The average Bonchev–Trinajstić information content (AvgIpc) is 2.05. The number of nitrogens with one attached hydrogen (secondary N) is 1. The van der Waals surface area contributed by atoms with E-state index in [-0.39, 0.29) is 0 Å². The molecule has 0 saturated heterocycles. The number of nitrogens with zero attached hydrogens (tertiary/aromatic N) is 1. The van der Waals surface area contributed by atoms with Crippen LogP contribution in [0.25, 0.3) is 0 Å². The fourth-order valence-corrected chi connectivity index (χ4v) is 0.767. The van der Waals surface area contributed by atoms with E-state index < -0.39 is 5.91 Å². The Kier molecular flexibility index (Phi) is 2.71. The highest BCUT2D eigenvalue weighted by Crippen LogP contribution is 2.03. The standard InChI is InChI=1S/C7H11N3O2/c1-2-12-10-5-6(7(8)11)3-4-9-10/h3-5,9H,2H2,1H3,(H2,8,11). The Balaban J connectivity index is 2.62. The second-order valence-corrected chi connectivity index (χ2v) is 2.15. The zero-order valence-electron chi connectivity index (χ0n) is 6.78. The van der Waals surface area contributed by atoms with Crippen LogP contribution in [0.1, 0.15) is 6.92 Å². The van der Waals surface area contributed by atoms with Gasteiger partial charge in [0.1, 0.15) is 0 Å². The molecule has 0 saturated carbocycles. The molecule has 1 amide bonds. The summed E-state index contributed by atoms with van der Waals surface area (Å²) in [5.74, 6) is -0.475. The molecule has 1 aliphatic rings. The SMILES string of the molecule is CCON1C=C(C(N)=O)C=CN1. The molecule has 0 aromatic rings. The largest absolute Gasteiger partial charge is 0.366 e. The molecule has 0 bridgehead atoms. The fourth-order valence-electron chi connectivity index (χ4n) is 0.767. The summed E-state index contributed by atoms with van der Waals surface area (Å²) in [6.45, 7) is 2.36. The van der Waals surface area contributed by atoms with Crippen molar-refractivity contribution in [3.63, 3.8) is 0 Å². The Morgan fingerprint density at radius 1 is 1.83 bits per heavy atom. The van der Waals surface area contributed by atoms with Crippen LogP contribution in [-0.4, -0.2) is 17.7 Å². The summed E-state index contributed by atoms with van der Waals surface area (Å²) in [6, 6.07) is 0. The summed E-state index contributed by atoms with van der Waals surface area (Å²) in [5.41, 5.74) is 8.21. The number of carbonyl (C=O) groups excluding carboxylic acids is 1. The summed E-state index contributed by atoms with van der Waals surface area (Å²) < 4.78 is 0. The minimum atomic E-state index is -0.475. The van der Waals surface area contributed by atoms with Crippen LogP contribution in [0.5, 0.6) is 0 Å². The number of hydroxylamine groups is 1. The minimum absolute atomic E-state index is 0.405. The van der Waals surface area contributed by atoms with Gasteiger partial charge in [-0.3, -0.25) is 15.1 Å². The van der Waals surface area contributed by atoms with E-state index >= 15 is 0 Å². The second-order valence-electron chi connectivity index (χ2n) is 2.15. The van der Waals surface area contributed by atoms with Crippen LogP contribution in [-0.2, 0) is 9.63 Å². The first-order valence-electron chi connectivity index (χ1n) is 3.60. The molecule has 0 aromatic heterocycles. The zero-order chi connectivity index (χ0) is 8.97. The van der Waals surface area contributed by atoms with Gasteiger partial charge in [0.2, 0.25) is 5.91 Å². The number of hydrazine groups is 1. The van der Waals surface area contributed by atoms with E-state index in [2.05, 4.69) is 5.43 Å². The number of amides is 1. The first kappa shape index (κ1) is 8.61. The van der Waals surface area contributed by atoms with Gasteiger partial charge in [0, 0.05) is 6.20 Å². The molecule has 5 nitrogen and oxygen atoms in total. The summed E-state index contributed by atoms with van der Waals surface area (Å²) in [5, 5.41) is 1.33. The van der Waals surface area contributed by atoms with Gasteiger partial charge in [-0.25, -0.2) is 0 Å². The molecule has 0 aromatic carbocycles. The third-order valence-corrected chi connectivity index (χ3v) is 1.27. The van der Waals surface area contributed by atoms with Crippen LogP contribution in [0.3, 0.4) is 0 Å². The monoisotopic (exact) mass is 169 g/mol. The normalized spacial score (nSPS) is 15.4. The molecule has 0 fully saturated rings. The predicted octanol–water partition coefficient (Wildman–Crippen LogP) is -0.359. The number of hydrogen-bond acceptors (Lipinski definition) is 4. The van der Waals surface area contributed by atoms with Crippen molar-refractivity contribution in [2.45, 2.75) is 6.92 Å².